The molecule has 2 aromatic rings. The molecule has 0 amide bonds. The van der Waals surface area contributed by atoms with Crippen LogP contribution < -0.4 is 5.32 Å². The van der Waals surface area contributed by atoms with Gasteiger partial charge in [-0.3, -0.25) is 0 Å². The fourth-order valence-electron chi connectivity index (χ4n) is 2.87. The first-order valence-electron chi connectivity index (χ1n) is 9.04. The van der Waals surface area contributed by atoms with E-state index in [2.05, 4.69) is 26.1 Å². The third-order valence-corrected chi connectivity index (χ3v) is 6.88. The fraction of sp³-hybridized carbons (Fsp3) is 0.667. The molecule has 3 rings (SSSR count). The van der Waals surface area contributed by atoms with E-state index in [0.29, 0.717) is 19.6 Å². The minimum Gasteiger partial charge on any atom is -0.396 e. The number of thioether (sulfide) groups is 1. The molecule has 1 aliphatic rings. The van der Waals surface area contributed by atoms with Gasteiger partial charge in [0.25, 0.3) is 0 Å². The molecule has 0 saturated carbocycles. The van der Waals surface area contributed by atoms with E-state index in [1.165, 1.54) is 10.4 Å². The van der Waals surface area contributed by atoms with Crippen molar-refractivity contribution in [1.29, 1.82) is 0 Å². The molecule has 5 nitrogen and oxygen atoms in total. The molecule has 2 N–H and O–H groups in total. The van der Waals surface area contributed by atoms with Gasteiger partial charge in [0.2, 0.25) is 0 Å². The van der Waals surface area contributed by atoms with Crippen LogP contribution in [0.2, 0.25) is 0 Å². The zero-order valence-electron chi connectivity index (χ0n) is 15.2. The van der Waals surface area contributed by atoms with E-state index >= 15 is 0 Å². The van der Waals surface area contributed by atoms with Gasteiger partial charge in [-0.2, -0.15) is 0 Å². The number of aliphatic hydroxyl groups is 1. The number of aliphatic hydroxyl groups excluding tert-OH is 1. The Balaban J connectivity index is 2.00. The zero-order valence-corrected chi connectivity index (χ0v) is 16.9. The predicted octanol–water partition coefficient (Wildman–Crippen LogP) is 4.23. The Hall–Kier alpha value is -0.890. The van der Waals surface area contributed by atoms with Gasteiger partial charge in [0, 0.05) is 35.8 Å². The summed E-state index contributed by atoms with van der Waals surface area (Å²) in [6.07, 6.45) is 3.75. The maximum absolute atomic E-state index is 9.05. The van der Waals surface area contributed by atoms with Gasteiger partial charge < -0.3 is 15.2 Å². The number of nitrogens with zero attached hydrogens (tertiary/aromatic N) is 2. The van der Waals surface area contributed by atoms with Gasteiger partial charge >= 0.3 is 0 Å². The van der Waals surface area contributed by atoms with Crippen LogP contribution >= 0.6 is 23.1 Å². The summed E-state index contributed by atoms with van der Waals surface area (Å²) in [4.78, 5) is 11.0. The summed E-state index contributed by atoms with van der Waals surface area (Å²) in [5.41, 5.74) is 2.20. The molecule has 0 spiro atoms. The van der Waals surface area contributed by atoms with Gasteiger partial charge in [0.15, 0.2) is 5.16 Å². The zero-order chi connectivity index (χ0) is 17.9. The minimum atomic E-state index is -0.0778. The summed E-state index contributed by atoms with van der Waals surface area (Å²) >= 11 is 3.49. The average molecular weight is 382 g/mol. The van der Waals surface area contributed by atoms with Gasteiger partial charge in [-0.05, 0) is 26.2 Å². The van der Waals surface area contributed by atoms with Gasteiger partial charge in [0.1, 0.15) is 5.82 Å². The number of rotatable bonds is 8. The predicted molar refractivity (Wildman–Crippen MR) is 106 cm³/mol. The Kier molecular flexibility index (Phi) is 6.20. The van der Waals surface area contributed by atoms with Crippen LogP contribution in [0.3, 0.4) is 0 Å². The second kappa shape index (κ2) is 8.20. The number of fused-ring (bicyclic) bond motifs is 3. The molecule has 0 unspecified atom stereocenters. The van der Waals surface area contributed by atoms with E-state index in [4.69, 9.17) is 19.8 Å². The van der Waals surface area contributed by atoms with Crippen LogP contribution in [0.5, 0.6) is 0 Å². The lowest BCUT2D eigenvalue weighted by atomic mass is 9.93. The monoisotopic (exact) mass is 381 g/mol. The highest BCUT2D eigenvalue weighted by Crippen LogP contribution is 2.42. The largest absolute Gasteiger partial charge is 0.396 e. The molecular weight excluding hydrogens is 354 g/mol. The first-order valence-corrected chi connectivity index (χ1v) is 10.8. The fourth-order valence-corrected chi connectivity index (χ4v) is 4.95. The number of aromatic nitrogens is 2. The molecule has 0 aliphatic carbocycles. The Labute approximate surface area is 157 Å². The number of anilines is 1. The van der Waals surface area contributed by atoms with Crippen molar-refractivity contribution in [2.45, 2.75) is 63.8 Å². The van der Waals surface area contributed by atoms with Gasteiger partial charge in [-0.1, -0.05) is 25.6 Å². The number of nitrogens with one attached hydrogen (secondary N) is 1. The molecule has 0 radical (unpaired) electrons. The third-order valence-electron chi connectivity index (χ3n) is 4.60. The van der Waals surface area contributed by atoms with Crippen molar-refractivity contribution in [3.05, 3.63) is 10.4 Å². The van der Waals surface area contributed by atoms with Crippen molar-refractivity contribution in [3.8, 4) is 0 Å². The highest BCUT2D eigenvalue weighted by Gasteiger charge is 2.32. The lowest BCUT2D eigenvalue weighted by Crippen LogP contribution is -2.33. The van der Waals surface area contributed by atoms with E-state index in [-0.39, 0.29) is 12.2 Å². The number of hydrogen-bond donors (Lipinski definition) is 2. The second-order valence-corrected chi connectivity index (χ2v) is 8.82. The normalized spacial score (nSPS) is 20.0. The van der Waals surface area contributed by atoms with E-state index in [0.717, 1.165) is 46.2 Å². The summed E-state index contributed by atoms with van der Waals surface area (Å²) in [7, 11) is 0. The highest BCUT2D eigenvalue weighted by atomic mass is 32.2. The summed E-state index contributed by atoms with van der Waals surface area (Å²) < 4.78 is 7.27. The van der Waals surface area contributed by atoms with Crippen LogP contribution in [0, 0.1) is 0 Å². The molecule has 0 fully saturated rings. The molecule has 1 atom stereocenters. The Morgan fingerprint density at radius 3 is 2.92 bits per heavy atom. The van der Waals surface area contributed by atoms with Crippen LogP contribution in [0.25, 0.3) is 10.2 Å². The summed E-state index contributed by atoms with van der Waals surface area (Å²) in [6.45, 7) is 8.06. The summed E-state index contributed by atoms with van der Waals surface area (Å²) in [6, 6.07) is 0. The highest BCUT2D eigenvalue weighted by molar-refractivity contribution is 7.99. The van der Waals surface area contributed by atoms with Crippen molar-refractivity contribution in [2.24, 2.45) is 0 Å². The molecule has 2 aromatic heterocycles. The van der Waals surface area contributed by atoms with Crippen LogP contribution in [-0.4, -0.2) is 39.6 Å². The number of thiophene rings is 1. The smallest absolute Gasteiger partial charge is 0.190 e. The van der Waals surface area contributed by atoms with Crippen LogP contribution in [0.4, 0.5) is 5.82 Å². The standard InChI is InChI=1S/C18H27N3O2S2/c1-4-9-24-17-20-14-12-11-23-18(3,5-2)10-13(12)25-15(14)16(21-17)19-7-6-8-22/h22H,4-11H2,1-3H3,(H,19,20,21)/t18-/m1/s1. The molecule has 3 heterocycles. The van der Waals surface area contributed by atoms with Crippen LogP contribution in [-0.2, 0) is 17.8 Å². The molecule has 138 valence electrons. The molecule has 25 heavy (non-hydrogen) atoms. The minimum absolute atomic E-state index is 0.0778. The molecule has 0 aromatic carbocycles. The first-order chi connectivity index (χ1) is 12.1. The topological polar surface area (TPSA) is 67.3 Å². The van der Waals surface area contributed by atoms with Crippen LogP contribution in [0.1, 0.15) is 50.5 Å². The first kappa shape index (κ1) is 18.9. The maximum Gasteiger partial charge on any atom is 0.190 e. The average Bonchev–Trinajstić information content (AvgIpc) is 2.97. The molecule has 1 aliphatic heterocycles. The van der Waals surface area contributed by atoms with Crippen LogP contribution in [0.15, 0.2) is 5.16 Å². The van der Waals surface area contributed by atoms with Crippen molar-refractivity contribution >= 4 is 39.1 Å². The number of hydrogen-bond acceptors (Lipinski definition) is 7. The maximum atomic E-state index is 9.05. The Morgan fingerprint density at radius 1 is 1.36 bits per heavy atom. The summed E-state index contributed by atoms with van der Waals surface area (Å²) in [5.74, 6) is 1.91. The van der Waals surface area contributed by atoms with Gasteiger partial charge in [-0.25, -0.2) is 9.97 Å². The van der Waals surface area contributed by atoms with E-state index in [9.17, 15) is 0 Å². The second-order valence-electron chi connectivity index (χ2n) is 6.66. The van der Waals surface area contributed by atoms with Crippen molar-refractivity contribution < 1.29 is 9.84 Å². The molecule has 0 saturated heterocycles. The van der Waals surface area contributed by atoms with Gasteiger partial charge in [-0.15, -0.1) is 11.3 Å². The summed E-state index contributed by atoms with van der Waals surface area (Å²) in [5, 5.41) is 13.3. The van der Waals surface area contributed by atoms with Crippen molar-refractivity contribution in [2.75, 3.05) is 24.2 Å². The lowest BCUT2D eigenvalue weighted by molar-refractivity contribution is -0.0546. The number of ether oxygens (including phenoxy) is 1. The Bertz CT molecular complexity index is 735. The Morgan fingerprint density at radius 2 is 2.20 bits per heavy atom. The van der Waals surface area contributed by atoms with E-state index < -0.39 is 0 Å². The van der Waals surface area contributed by atoms with E-state index in [1.54, 1.807) is 23.1 Å². The van der Waals surface area contributed by atoms with Gasteiger partial charge in [0.05, 0.1) is 22.4 Å². The third kappa shape index (κ3) is 4.10. The quantitative estimate of drug-likeness (QED) is 0.405. The van der Waals surface area contributed by atoms with E-state index in [1.807, 2.05) is 0 Å². The molecule has 0 bridgehead atoms. The molecule has 7 heteroatoms. The molecular formula is C18H27N3O2S2. The lowest BCUT2D eigenvalue weighted by Gasteiger charge is -2.32. The van der Waals surface area contributed by atoms with Crippen molar-refractivity contribution in [3.63, 3.8) is 0 Å². The SMILES string of the molecule is CCCSc1nc(NCCCO)c2sc3c(c2n1)CO[C@](C)(CC)C3. The van der Waals surface area contributed by atoms with Crippen molar-refractivity contribution in [1.82, 2.24) is 9.97 Å².